The molecule has 0 unspecified atom stereocenters. The van der Waals surface area contributed by atoms with E-state index in [1.54, 1.807) is 7.11 Å². The fraction of sp³-hybridized carbons (Fsp3) is 0.385. The molecule has 0 saturated carbocycles. The first kappa shape index (κ1) is 12.8. The molecular formula is C13H17N3OS. The van der Waals surface area contributed by atoms with Gasteiger partial charge in [-0.3, -0.25) is 5.10 Å². The molecule has 2 aromatic rings. The molecule has 0 aliphatic carbocycles. The summed E-state index contributed by atoms with van der Waals surface area (Å²) in [6.07, 6.45) is 1.80. The molecule has 0 spiro atoms. The Hall–Kier alpha value is -1.62. The molecule has 0 aliphatic rings. The van der Waals surface area contributed by atoms with Crippen molar-refractivity contribution < 1.29 is 4.74 Å². The summed E-state index contributed by atoms with van der Waals surface area (Å²) in [5, 5.41) is 7.10. The van der Waals surface area contributed by atoms with Crippen LogP contribution < -0.4 is 4.74 Å². The number of nitrogens with zero attached hydrogens (tertiary/aromatic N) is 2. The van der Waals surface area contributed by atoms with E-state index in [2.05, 4.69) is 29.3 Å². The van der Waals surface area contributed by atoms with Crippen LogP contribution in [-0.2, 0) is 19.4 Å². The zero-order chi connectivity index (χ0) is 13.0. The monoisotopic (exact) mass is 263 g/mol. The van der Waals surface area contributed by atoms with Crippen LogP contribution in [0.2, 0.25) is 0 Å². The lowest BCUT2D eigenvalue weighted by Crippen LogP contribution is -2.03. The van der Waals surface area contributed by atoms with Crippen molar-refractivity contribution >= 4 is 12.2 Å². The van der Waals surface area contributed by atoms with Gasteiger partial charge in [0.05, 0.1) is 7.11 Å². The zero-order valence-electron chi connectivity index (χ0n) is 10.6. The Kier molecular flexibility index (Phi) is 4.15. The van der Waals surface area contributed by atoms with Crippen LogP contribution in [-0.4, -0.2) is 21.9 Å². The number of aromatic nitrogens is 3. The van der Waals surface area contributed by atoms with E-state index in [0.717, 1.165) is 31.0 Å². The summed E-state index contributed by atoms with van der Waals surface area (Å²) in [5.41, 5.74) is 1.24. The average Bonchev–Trinajstić information content (AvgIpc) is 2.77. The molecule has 0 radical (unpaired) electrons. The minimum atomic E-state index is 0.693. The highest BCUT2D eigenvalue weighted by molar-refractivity contribution is 7.71. The maximum Gasteiger partial charge on any atom is 0.195 e. The predicted molar refractivity (Wildman–Crippen MR) is 73.5 cm³/mol. The standard InChI is InChI=1S/C13H17N3OS/c1-3-16-12(14-15-13(16)18)8-7-10-5-4-6-11(9-10)17-2/h4-6,9H,3,7-8H2,1-2H3,(H,15,18). The van der Waals surface area contributed by atoms with E-state index >= 15 is 0 Å². The minimum Gasteiger partial charge on any atom is -0.497 e. The Morgan fingerprint density at radius 2 is 2.22 bits per heavy atom. The fourth-order valence-corrected chi connectivity index (χ4v) is 2.23. The van der Waals surface area contributed by atoms with Crippen LogP contribution in [0.3, 0.4) is 0 Å². The second-order valence-electron chi connectivity index (χ2n) is 4.04. The number of rotatable bonds is 5. The van der Waals surface area contributed by atoms with E-state index < -0.39 is 0 Å². The topological polar surface area (TPSA) is 42.8 Å². The van der Waals surface area contributed by atoms with Crippen molar-refractivity contribution in [2.24, 2.45) is 0 Å². The highest BCUT2D eigenvalue weighted by atomic mass is 32.1. The number of aromatic amines is 1. The Morgan fingerprint density at radius 1 is 1.39 bits per heavy atom. The van der Waals surface area contributed by atoms with Gasteiger partial charge in [0.25, 0.3) is 0 Å². The van der Waals surface area contributed by atoms with Gasteiger partial charge >= 0.3 is 0 Å². The number of methoxy groups -OCH3 is 1. The minimum absolute atomic E-state index is 0.693. The van der Waals surface area contributed by atoms with Gasteiger partial charge in [-0.15, -0.1) is 0 Å². The highest BCUT2D eigenvalue weighted by Gasteiger charge is 2.05. The molecule has 0 saturated heterocycles. The maximum atomic E-state index is 5.21. The Balaban J connectivity index is 2.08. The van der Waals surface area contributed by atoms with Crippen molar-refractivity contribution in [2.75, 3.05) is 7.11 Å². The molecule has 1 aromatic carbocycles. The van der Waals surface area contributed by atoms with Crippen molar-refractivity contribution in [1.82, 2.24) is 14.8 Å². The first-order valence-electron chi connectivity index (χ1n) is 6.01. The van der Waals surface area contributed by atoms with Gasteiger partial charge in [-0.1, -0.05) is 12.1 Å². The van der Waals surface area contributed by atoms with E-state index in [0.29, 0.717) is 4.77 Å². The second kappa shape index (κ2) is 5.82. The van der Waals surface area contributed by atoms with Crippen LogP contribution in [0.5, 0.6) is 5.75 Å². The highest BCUT2D eigenvalue weighted by Crippen LogP contribution is 2.14. The molecule has 0 fully saturated rings. The number of nitrogens with one attached hydrogen (secondary N) is 1. The van der Waals surface area contributed by atoms with E-state index in [1.165, 1.54) is 5.56 Å². The van der Waals surface area contributed by atoms with Gasteiger partial charge < -0.3 is 9.30 Å². The maximum absolute atomic E-state index is 5.21. The van der Waals surface area contributed by atoms with Gasteiger partial charge in [0.2, 0.25) is 0 Å². The summed E-state index contributed by atoms with van der Waals surface area (Å²) in [6, 6.07) is 8.11. The molecule has 18 heavy (non-hydrogen) atoms. The number of hydrogen-bond acceptors (Lipinski definition) is 3. The Bertz CT molecular complexity index is 574. The van der Waals surface area contributed by atoms with Crippen LogP contribution in [0.15, 0.2) is 24.3 Å². The molecule has 96 valence electrons. The summed E-state index contributed by atoms with van der Waals surface area (Å²) in [6.45, 7) is 2.92. The quantitative estimate of drug-likeness (QED) is 0.843. The van der Waals surface area contributed by atoms with Gasteiger partial charge in [0.15, 0.2) is 4.77 Å². The molecular weight excluding hydrogens is 246 g/mol. The van der Waals surface area contributed by atoms with Crippen LogP contribution in [0.1, 0.15) is 18.3 Å². The lowest BCUT2D eigenvalue weighted by molar-refractivity contribution is 0.414. The summed E-state index contributed by atoms with van der Waals surface area (Å²) in [7, 11) is 1.68. The van der Waals surface area contributed by atoms with E-state index in [9.17, 15) is 0 Å². The number of hydrogen-bond donors (Lipinski definition) is 1. The molecule has 4 nitrogen and oxygen atoms in total. The summed E-state index contributed by atoms with van der Waals surface area (Å²) in [4.78, 5) is 0. The van der Waals surface area contributed by atoms with E-state index in [-0.39, 0.29) is 0 Å². The molecule has 0 amide bonds. The molecule has 2 rings (SSSR count). The van der Waals surface area contributed by atoms with E-state index in [1.807, 2.05) is 16.7 Å². The summed E-state index contributed by atoms with van der Waals surface area (Å²) >= 11 is 5.17. The number of aryl methyl sites for hydroxylation is 2. The van der Waals surface area contributed by atoms with Crippen molar-refractivity contribution in [2.45, 2.75) is 26.3 Å². The zero-order valence-corrected chi connectivity index (χ0v) is 11.5. The largest absolute Gasteiger partial charge is 0.497 e. The third kappa shape index (κ3) is 2.79. The molecule has 1 N–H and O–H groups in total. The summed E-state index contributed by atoms with van der Waals surface area (Å²) < 4.78 is 7.93. The normalized spacial score (nSPS) is 10.6. The van der Waals surface area contributed by atoms with Gasteiger partial charge in [-0.2, -0.15) is 5.10 Å². The van der Waals surface area contributed by atoms with Crippen molar-refractivity contribution in [3.8, 4) is 5.75 Å². The van der Waals surface area contributed by atoms with Crippen LogP contribution >= 0.6 is 12.2 Å². The number of H-pyrrole nitrogens is 1. The third-order valence-electron chi connectivity index (χ3n) is 2.92. The molecule has 0 atom stereocenters. The molecule has 5 heteroatoms. The smallest absolute Gasteiger partial charge is 0.195 e. The van der Waals surface area contributed by atoms with Crippen LogP contribution in [0.4, 0.5) is 0 Å². The summed E-state index contributed by atoms with van der Waals surface area (Å²) in [5.74, 6) is 1.90. The van der Waals surface area contributed by atoms with Gasteiger partial charge in [-0.05, 0) is 43.3 Å². The average molecular weight is 263 g/mol. The molecule has 1 heterocycles. The second-order valence-corrected chi connectivity index (χ2v) is 4.43. The van der Waals surface area contributed by atoms with Gasteiger partial charge in [0, 0.05) is 13.0 Å². The molecule has 0 aliphatic heterocycles. The van der Waals surface area contributed by atoms with Crippen LogP contribution in [0.25, 0.3) is 0 Å². The number of ether oxygens (including phenoxy) is 1. The first-order valence-corrected chi connectivity index (χ1v) is 6.42. The van der Waals surface area contributed by atoms with Gasteiger partial charge in [0.1, 0.15) is 11.6 Å². The SMILES string of the molecule is CCn1c(CCc2cccc(OC)c2)n[nH]c1=S. The Morgan fingerprint density at radius 3 is 2.94 bits per heavy atom. The third-order valence-corrected chi connectivity index (χ3v) is 3.24. The predicted octanol–water partition coefficient (Wildman–Crippen LogP) is 2.75. The molecule has 0 bridgehead atoms. The lowest BCUT2D eigenvalue weighted by atomic mass is 10.1. The Labute approximate surface area is 112 Å². The lowest BCUT2D eigenvalue weighted by Gasteiger charge is -2.05. The van der Waals surface area contributed by atoms with Crippen molar-refractivity contribution in [3.05, 3.63) is 40.4 Å². The molecule has 1 aromatic heterocycles. The fourth-order valence-electron chi connectivity index (χ4n) is 1.95. The van der Waals surface area contributed by atoms with Gasteiger partial charge in [-0.25, -0.2) is 0 Å². The van der Waals surface area contributed by atoms with Crippen molar-refractivity contribution in [1.29, 1.82) is 0 Å². The first-order chi connectivity index (χ1) is 8.74. The number of benzene rings is 1. The van der Waals surface area contributed by atoms with Crippen molar-refractivity contribution in [3.63, 3.8) is 0 Å². The van der Waals surface area contributed by atoms with E-state index in [4.69, 9.17) is 17.0 Å². The van der Waals surface area contributed by atoms with Crippen LogP contribution in [0, 0.1) is 4.77 Å².